The van der Waals surface area contributed by atoms with Crippen molar-refractivity contribution in [2.45, 2.75) is 0 Å². The van der Waals surface area contributed by atoms with E-state index in [2.05, 4.69) is 0 Å². The number of hydrogen-bond acceptors (Lipinski definition) is 2. The van der Waals surface area contributed by atoms with Crippen LogP contribution >= 0.6 is 22.6 Å². The van der Waals surface area contributed by atoms with E-state index in [9.17, 15) is 14.3 Å². The summed E-state index contributed by atoms with van der Waals surface area (Å²) in [5.74, 6) is -1.89. The van der Waals surface area contributed by atoms with Crippen LogP contribution in [0, 0.1) is 9.39 Å². The lowest BCUT2D eigenvalue weighted by Gasteiger charge is -2.04. The van der Waals surface area contributed by atoms with Crippen molar-refractivity contribution in [2.24, 2.45) is 0 Å². The van der Waals surface area contributed by atoms with Crippen molar-refractivity contribution in [3.63, 3.8) is 0 Å². The summed E-state index contributed by atoms with van der Waals surface area (Å²) in [6.07, 6.45) is 0. The zero-order valence-electron chi connectivity index (χ0n) is 5.30. The molecule has 1 aromatic rings. The van der Waals surface area contributed by atoms with Crippen molar-refractivity contribution in [1.82, 2.24) is 0 Å². The fourth-order valence-corrected chi connectivity index (χ4v) is 1.24. The van der Waals surface area contributed by atoms with Crippen LogP contribution in [0.15, 0.2) is 18.2 Å². The second-order valence-corrected chi connectivity index (χ2v) is 2.97. The molecule has 11 heavy (non-hydrogen) atoms. The number of carbonyl (C=O) groups is 1. The molecule has 58 valence electrons. The third-order valence-electron chi connectivity index (χ3n) is 1.17. The fraction of sp³-hybridized carbons (Fsp3) is 0. The van der Waals surface area contributed by atoms with Gasteiger partial charge in [0.15, 0.2) is 0 Å². The first-order valence-corrected chi connectivity index (χ1v) is 3.86. The fourth-order valence-electron chi connectivity index (χ4n) is 0.661. The van der Waals surface area contributed by atoms with Gasteiger partial charge in [0.1, 0.15) is 5.82 Å². The number of halogens is 2. The maximum Gasteiger partial charge on any atom is 0.137 e. The zero-order valence-corrected chi connectivity index (χ0v) is 7.46. The first-order chi connectivity index (χ1) is 5.13. The molecule has 1 rings (SSSR count). The molecule has 1 aromatic carbocycles. The van der Waals surface area contributed by atoms with E-state index < -0.39 is 11.8 Å². The summed E-state index contributed by atoms with van der Waals surface area (Å²) in [4.78, 5) is 10.3. The molecule has 0 saturated carbocycles. The molecular formula is C7H3FIO2-. The highest BCUT2D eigenvalue weighted by atomic mass is 127. The Hall–Kier alpha value is -0.650. The van der Waals surface area contributed by atoms with Gasteiger partial charge in [-0.1, -0.05) is 12.1 Å². The van der Waals surface area contributed by atoms with Gasteiger partial charge < -0.3 is 9.90 Å². The predicted octanol–water partition coefficient (Wildman–Crippen LogP) is 0.794. The second kappa shape index (κ2) is 3.17. The summed E-state index contributed by atoms with van der Waals surface area (Å²) < 4.78 is 12.7. The minimum atomic E-state index is -1.35. The van der Waals surface area contributed by atoms with Crippen LogP contribution in [0.25, 0.3) is 0 Å². The highest BCUT2D eigenvalue weighted by molar-refractivity contribution is 14.1. The third kappa shape index (κ3) is 1.68. The van der Waals surface area contributed by atoms with Crippen molar-refractivity contribution < 1.29 is 14.3 Å². The van der Waals surface area contributed by atoms with E-state index in [0.29, 0.717) is 0 Å². The van der Waals surface area contributed by atoms with Crippen molar-refractivity contribution in [3.05, 3.63) is 33.1 Å². The van der Waals surface area contributed by atoms with Crippen LogP contribution in [0.2, 0.25) is 0 Å². The molecule has 0 aliphatic carbocycles. The van der Waals surface area contributed by atoms with Crippen LogP contribution in [0.3, 0.4) is 0 Å². The lowest BCUT2D eigenvalue weighted by molar-refractivity contribution is -0.255. The molecule has 0 spiro atoms. The molecule has 0 atom stereocenters. The summed E-state index contributed by atoms with van der Waals surface area (Å²) in [5.41, 5.74) is -0.106. The Morgan fingerprint density at radius 1 is 1.55 bits per heavy atom. The Labute approximate surface area is 76.2 Å². The van der Waals surface area contributed by atoms with E-state index in [-0.39, 0.29) is 9.13 Å². The van der Waals surface area contributed by atoms with Gasteiger partial charge in [0, 0.05) is 5.56 Å². The molecule has 0 bridgehead atoms. The molecule has 0 radical (unpaired) electrons. The summed E-state index contributed by atoms with van der Waals surface area (Å²) in [6.45, 7) is 0. The van der Waals surface area contributed by atoms with Crippen LogP contribution in [-0.4, -0.2) is 5.97 Å². The third-order valence-corrected chi connectivity index (χ3v) is 2.27. The molecule has 0 fully saturated rings. The molecule has 0 unspecified atom stereocenters. The molecule has 0 saturated heterocycles. The molecule has 2 nitrogen and oxygen atoms in total. The van der Waals surface area contributed by atoms with Gasteiger partial charge in [-0.3, -0.25) is 0 Å². The van der Waals surface area contributed by atoms with E-state index in [4.69, 9.17) is 0 Å². The van der Waals surface area contributed by atoms with E-state index in [0.717, 1.165) is 0 Å². The number of carboxylic acid groups (broad SMARTS) is 1. The Morgan fingerprint density at radius 3 is 2.64 bits per heavy atom. The maximum atomic E-state index is 12.6. The van der Waals surface area contributed by atoms with Crippen molar-refractivity contribution in [3.8, 4) is 0 Å². The summed E-state index contributed by atoms with van der Waals surface area (Å²) >= 11 is 1.62. The Morgan fingerprint density at radius 2 is 2.18 bits per heavy atom. The van der Waals surface area contributed by atoms with E-state index in [1.54, 1.807) is 22.6 Å². The minimum Gasteiger partial charge on any atom is -0.545 e. The van der Waals surface area contributed by atoms with Gasteiger partial charge >= 0.3 is 0 Å². The quantitative estimate of drug-likeness (QED) is 0.704. The van der Waals surface area contributed by atoms with Gasteiger partial charge in [0.2, 0.25) is 0 Å². The number of rotatable bonds is 1. The Kier molecular flexibility index (Phi) is 2.43. The van der Waals surface area contributed by atoms with Crippen LogP contribution in [0.5, 0.6) is 0 Å². The molecule has 0 N–H and O–H groups in total. The molecule has 0 aliphatic rings. The number of carboxylic acids is 1. The standard InChI is InChI=1S/C7H4FIO2/c8-5-3-1-2-4(6(5)9)7(10)11/h1-3H,(H,10,11)/p-1. The average Bonchev–Trinajstić information content (AvgIpc) is 1.94. The molecule has 0 heterocycles. The van der Waals surface area contributed by atoms with Crippen LogP contribution in [-0.2, 0) is 0 Å². The summed E-state index contributed by atoms with van der Waals surface area (Å²) in [6, 6.07) is 3.84. The first kappa shape index (κ1) is 8.45. The monoisotopic (exact) mass is 265 g/mol. The lowest BCUT2D eigenvalue weighted by atomic mass is 10.2. The van der Waals surface area contributed by atoms with Crippen LogP contribution in [0.4, 0.5) is 4.39 Å². The number of benzene rings is 1. The van der Waals surface area contributed by atoms with Gasteiger partial charge in [-0.05, 0) is 28.7 Å². The molecule has 0 aliphatic heterocycles. The largest absolute Gasteiger partial charge is 0.545 e. The number of carbonyl (C=O) groups excluding carboxylic acids is 1. The van der Waals surface area contributed by atoms with Crippen molar-refractivity contribution >= 4 is 28.6 Å². The number of hydrogen-bond donors (Lipinski definition) is 0. The highest BCUT2D eigenvalue weighted by Gasteiger charge is 2.04. The van der Waals surface area contributed by atoms with E-state index >= 15 is 0 Å². The van der Waals surface area contributed by atoms with Gasteiger partial charge in [0.25, 0.3) is 0 Å². The average molecular weight is 265 g/mol. The minimum absolute atomic E-state index is 0.0881. The summed E-state index contributed by atoms with van der Waals surface area (Å²) in [5, 5.41) is 10.3. The predicted molar refractivity (Wildman–Crippen MR) is 43.4 cm³/mol. The first-order valence-electron chi connectivity index (χ1n) is 2.78. The van der Waals surface area contributed by atoms with E-state index in [1.165, 1.54) is 18.2 Å². The van der Waals surface area contributed by atoms with Gasteiger partial charge in [0.05, 0.1) is 9.54 Å². The highest BCUT2D eigenvalue weighted by Crippen LogP contribution is 2.14. The smallest absolute Gasteiger partial charge is 0.137 e. The second-order valence-electron chi connectivity index (χ2n) is 1.89. The molecular weight excluding hydrogens is 262 g/mol. The van der Waals surface area contributed by atoms with Crippen molar-refractivity contribution in [2.75, 3.05) is 0 Å². The topological polar surface area (TPSA) is 40.1 Å². The SMILES string of the molecule is O=C([O-])c1cccc(F)c1I. The zero-order chi connectivity index (χ0) is 8.43. The van der Waals surface area contributed by atoms with Gasteiger partial charge in [-0.25, -0.2) is 4.39 Å². The molecule has 0 aromatic heterocycles. The van der Waals surface area contributed by atoms with Gasteiger partial charge in [-0.15, -0.1) is 0 Å². The van der Waals surface area contributed by atoms with Crippen LogP contribution in [0.1, 0.15) is 10.4 Å². The van der Waals surface area contributed by atoms with Crippen LogP contribution < -0.4 is 5.11 Å². The molecule has 4 heteroatoms. The Balaban J connectivity index is 3.27. The maximum absolute atomic E-state index is 12.6. The number of aromatic carboxylic acids is 1. The van der Waals surface area contributed by atoms with E-state index in [1.807, 2.05) is 0 Å². The van der Waals surface area contributed by atoms with Gasteiger partial charge in [-0.2, -0.15) is 0 Å². The lowest BCUT2D eigenvalue weighted by Crippen LogP contribution is -2.23. The summed E-state index contributed by atoms with van der Waals surface area (Å²) in [7, 11) is 0. The normalized spacial score (nSPS) is 9.64. The molecule has 0 amide bonds. The van der Waals surface area contributed by atoms with Crippen molar-refractivity contribution in [1.29, 1.82) is 0 Å². The Bertz CT molecular complexity index is 298.